The zero-order chi connectivity index (χ0) is 18.7. The molecule has 2 aromatic rings. The number of hydrogen-bond donors (Lipinski definition) is 1. The molecule has 0 unspecified atom stereocenters. The first-order valence-electron chi connectivity index (χ1n) is 9.83. The lowest BCUT2D eigenvalue weighted by atomic mass is 9.78. The van der Waals surface area contributed by atoms with E-state index in [0.717, 1.165) is 69.5 Å². The number of rotatable bonds is 5. The summed E-state index contributed by atoms with van der Waals surface area (Å²) in [5.41, 5.74) is 1.36. The fourth-order valence-electron chi connectivity index (χ4n) is 4.37. The lowest BCUT2D eigenvalue weighted by Gasteiger charge is -2.28. The van der Waals surface area contributed by atoms with E-state index in [-0.39, 0.29) is 5.91 Å². The number of anilines is 1. The van der Waals surface area contributed by atoms with Crippen LogP contribution < -0.4 is 5.32 Å². The molecule has 1 N–H and O–H groups in total. The van der Waals surface area contributed by atoms with E-state index in [1.807, 2.05) is 35.1 Å². The van der Waals surface area contributed by atoms with Gasteiger partial charge in [-0.15, -0.1) is 0 Å². The molecule has 0 bridgehead atoms. The number of amides is 1. The third-order valence-electron chi connectivity index (χ3n) is 5.97. The van der Waals surface area contributed by atoms with Crippen molar-refractivity contribution in [3.8, 4) is 0 Å². The number of hydrogen-bond acceptors (Lipinski definition) is 3. The van der Waals surface area contributed by atoms with Crippen LogP contribution in [0.15, 0.2) is 36.7 Å². The maximum atomic E-state index is 13.2. The maximum absolute atomic E-state index is 13.2. The summed E-state index contributed by atoms with van der Waals surface area (Å²) < 4.78 is 7.36. The van der Waals surface area contributed by atoms with Gasteiger partial charge in [-0.1, -0.05) is 36.6 Å². The Morgan fingerprint density at radius 3 is 2.63 bits per heavy atom. The summed E-state index contributed by atoms with van der Waals surface area (Å²) in [4.78, 5) is 13.2. The maximum Gasteiger partial charge on any atom is 0.235 e. The molecule has 1 amide bonds. The first kappa shape index (κ1) is 18.5. The van der Waals surface area contributed by atoms with Crippen molar-refractivity contribution in [1.82, 2.24) is 9.78 Å². The van der Waals surface area contributed by atoms with Crippen LogP contribution in [0.25, 0.3) is 0 Å². The Bertz CT molecular complexity index is 775. The average molecular weight is 388 g/mol. The van der Waals surface area contributed by atoms with Crippen LogP contribution in [0.4, 0.5) is 5.69 Å². The number of nitrogens with zero attached hydrogens (tertiary/aromatic N) is 2. The van der Waals surface area contributed by atoms with E-state index >= 15 is 0 Å². The highest BCUT2D eigenvalue weighted by atomic mass is 35.5. The van der Waals surface area contributed by atoms with Crippen LogP contribution in [0.3, 0.4) is 0 Å². The van der Waals surface area contributed by atoms with Crippen molar-refractivity contribution in [2.45, 2.75) is 50.5 Å². The van der Waals surface area contributed by atoms with Crippen molar-refractivity contribution in [2.24, 2.45) is 5.92 Å². The Hall–Kier alpha value is -1.85. The van der Waals surface area contributed by atoms with Crippen LogP contribution in [0.2, 0.25) is 5.02 Å². The van der Waals surface area contributed by atoms with Gasteiger partial charge in [-0.25, -0.2) is 0 Å². The standard InChI is InChI=1S/C21H26ClN3O2/c22-18-5-3-17(4-6-18)21(9-1-2-10-21)20(26)24-19-13-23-25(15-19)14-16-7-11-27-12-8-16/h3-6,13,15-16H,1-2,7-12,14H2,(H,24,26). The topological polar surface area (TPSA) is 56.2 Å². The summed E-state index contributed by atoms with van der Waals surface area (Å²) >= 11 is 6.04. The molecule has 1 saturated carbocycles. The Morgan fingerprint density at radius 1 is 1.22 bits per heavy atom. The minimum atomic E-state index is -0.465. The molecule has 27 heavy (non-hydrogen) atoms. The second kappa shape index (κ2) is 8.03. The monoisotopic (exact) mass is 387 g/mol. The average Bonchev–Trinajstić information content (AvgIpc) is 3.34. The molecule has 1 aliphatic carbocycles. The fraction of sp³-hybridized carbons (Fsp3) is 0.524. The van der Waals surface area contributed by atoms with E-state index in [4.69, 9.17) is 16.3 Å². The third kappa shape index (κ3) is 4.04. The summed E-state index contributed by atoms with van der Waals surface area (Å²) in [6.07, 6.45) is 9.72. The number of carbonyl (C=O) groups excluding carboxylic acids is 1. The van der Waals surface area contributed by atoms with E-state index in [1.165, 1.54) is 0 Å². The van der Waals surface area contributed by atoms with Crippen LogP contribution in [-0.2, 0) is 21.5 Å². The van der Waals surface area contributed by atoms with E-state index in [0.29, 0.717) is 10.9 Å². The number of carbonyl (C=O) groups is 1. The SMILES string of the molecule is O=C(Nc1cnn(CC2CCOCC2)c1)C1(c2ccc(Cl)cc2)CCCC1. The van der Waals surface area contributed by atoms with Crippen molar-refractivity contribution in [2.75, 3.05) is 18.5 Å². The Morgan fingerprint density at radius 2 is 1.93 bits per heavy atom. The zero-order valence-corrected chi connectivity index (χ0v) is 16.3. The van der Waals surface area contributed by atoms with Crippen LogP contribution in [0.5, 0.6) is 0 Å². The molecule has 144 valence electrons. The fourth-order valence-corrected chi connectivity index (χ4v) is 4.49. The third-order valence-corrected chi connectivity index (χ3v) is 6.22. The van der Waals surface area contributed by atoms with E-state index < -0.39 is 5.41 Å². The van der Waals surface area contributed by atoms with Crippen molar-refractivity contribution in [1.29, 1.82) is 0 Å². The minimum Gasteiger partial charge on any atom is -0.381 e. The van der Waals surface area contributed by atoms with Gasteiger partial charge in [0.2, 0.25) is 5.91 Å². The smallest absolute Gasteiger partial charge is 0.235 e. The molecular weight excluding hydrogens is 362 g/mol. The van der Waals surface area contributed by atoms with Gasteiger partial charge in [-0.2, -0.15) is 5.10 Å². The first-order chi connectivity index (χ1) is 13.2. The van der Waals surface area contributed by atoms with Gasteiger partial charge >= 0.3 is 0 Å². The molecule has 0 atom stereocenters. The molecule has 2 aliphatic rings. The van der Waals surface area contributed by atoms with Crippen LogP contribution in [-0.4, -0.2) is 28.9 Å². The van der Waals surface area contributed by atoms with Crippen molar-refractivity contribution in [3.05, 3.63) is 47.2 Å². The quantitative estimate of drug-likeness (QED) is 0.826. The van der Waals surface area contributed by atoms with E-state index in [2.05, 4.69) is 10.4 Å². The lowest BCUT2D eigenvalue weighted by Crippen LogP contribution is -2.37. The second-order valence-corrected chi connectivity index (χ2v) is 8.19. The summed E-state index contributed by atoms with van der Waals surface area (Å²) in [5.74, 6) is 0.658. The summed E-state index contributed by atoms with van der Waals surface area (Å²) in [5, 5.41) is 8.25. The number of aromatic nitrogens is 2. The molecule has 1 aliphatic heterocycles. The minimum absolute atomic E-state index is 0.0629. The molecule has 1 saturated heterocycles. The van der Waals surface area contributed by atoms with Gasteiger partial charge in [0.05, 0.1) is 17.3 Å². The molecule has 0 spiro atoms. The predicted octanol–water partition coefficient (Wildman–Crippen LogP) is 4.41. The lowest BCUT2D eigenvalue weighted by molar-refractivity contribution is -0.121. The van der Waals surface area contributed by atoms with Gasteiger partial charge in [0.1, 0.15) is 0 Å². The highest BCUT2D eigenvalue weighted by Gasteiger charge is 2.42. The molecule has 1 aromatic carbocycles. The van der Waals surface area contributed by atoms with Gasteiger partial charge < -0.3 is 10.1 Å². The van der Waals surface area contributed by atoms with Crippen molar-refractivity contribution in [3.63, 3.8) is 0 Å². The van der Waals surface area contributed by atoms with Gasteiger partial charge in [-0.3, -0.25) is 9.48 Å². The normalized spacial score (nSPS) is 19.9. The largest absolute Gasteiger partial charge is 0.381 e. The molecule has 2 fully saturated rings. The molecule has 6 heteroatoms. The highest BCUT2D eigenvalue weighted by Crippen LogP contribution is 2.42. The van der Waals surface area contributed by atoms with Crippen molar-refractivity contribution < 1.29 is 9.53 Å². The van der Waals surface area contributed by atoms with E-state index in [1.54, 1.807) is 6.20 Å². The van der Waals surface area contributed by atoms with Gasteiger partial charge in [0, 0.05) is 31.0 Å². The summed E-state index contributed by atoms with van der Waals surface area (Å²) in [6.45, 7) is 2.54. The van der Waals surface area contributed by atoms with Gasteiger partial charge in [0.15, 0.2) is 0 Å². The molecule has 2 heterocycles. The van der Waals surface area contributed by atoms with Crippen LogP contribution in [0, 0.1) is 5.92 Å². The Balaban J connectivity index is 1.46. The van der Waals surface area contributed by atoms with Crippen LogP contribution in [0.1, 0.15) is 44.1 Å². The summed E-state index contributed by atoms with van der Waals surface area (Å²) in [7, 11) is 0. The van der Waals surface area contributed by atoms with Crippen molar-refractivity contribution >= 4 is 23.2 Å². The Kier molecular flexibility index (Phi) is 5.50. The Labute approximate surface area is 165 Å². The molecule has 1 aromatic heterocycles. The predicted molar refractivity (Wildman–Crippen MR) is 106 cm³/mol. The number of benzene rings is 1. The first-order valence-corrected chi connectivity index (χ1v) is 10.2. The van der Waals surface area contributed by atoms with Crippen LogP contribution >= 0.6 is 11.6 Å². The van der Waals surface area contributed by atoms with Gasteiger partial charge in [0.25, 0.3) is 0 Å². The zero-order valence-electron chi connectivity index (χ0n) is 15.5. The number of nitrogens with one attached hydrogen (secondary N) is 1. The second-order valence-electron chi connectivity index (χ2n) is 7.76. The molecule has 0 radical (unpaired) electrons. The van der Waals surface area contributed by atoms with E-state index in [9.17, 15) is 4.79 Å². The number of ether oxygens (including phenoxy) is 1. The molecular formula is C21H26ClN3O2. The molecule has 4 rings (SSSR count). The summed E-state index contributed by atoms with van der Waals surface area (Å²) in [6, 6.07) is 7.72. The van der Waals surface area contributed by atoms with Gasteiger partial charge in [-0.05, 0) is 49.3 Å². The highest BCUT2D eigenvalue weighted by molar-refractivity contribution is 6.30. The molecule has 5 nitrogen and oxygen atoms in total. The number of halogens is 1.